The fourth-order valence-electron chi connectivity index (χ4n) is 3.57. The van der Waals surface area contributed by atoms with Gasteiger partial charge in [-0.05, 0) is 31.2 Å². The van der Waals surface area contributed by atoms with Crippen molar-refractivity contribution in [1.29, 1.82) is 0 Å². The number of thiophene rings is 1. The van der Waals surface area contributed by atoms with Crippen LogP contribution in [0.5, 0.6) is 0 Å². The highest BCUT2D eigenvalue weighted by molar-refractivity contribution is 7.13. The normalized spacial score (nSPS) is 21.8. The van der Waals surface area contributed by atoms with Crippen molar-refractivity contribution in [2.24, 2.45) is 0 Å². The molecule has 1 amide bonds. The second kappa shape index (κ2) is 7.27. The number of piperazine rings is 1. The van der Waals surface area contributed by atoms with Gasteiger partial charge in [0.05, 0.1) is 16.6 Å². The van der Waals surface area contributed by atoms with Gasteiger partial charge in [-0.15, -0.1) is 11.3 Å². The molecule has 2 saturated heterocycles. The lowest BCUT2D eigenvalue weighted by Gasteiger charge is -2.34. The lowest BCUT2D eigenvalue weighted by atomic mass is 10.1. The van der Waals surface area contributed by atoms with E-state index in [1.54, 1.807) is 11.3 Å². The van der Waals surface area contributed by atoms with Gasteiger partial charge in [-0.2, -0.15) is 0 Å². The van der Waals surface area contributed by atoms with E-state index in [1.165, 1.54) is 0 Å². The van der Waals surface area contributed by atoms with Crippen molar-refractivity contribution in [2.45, 2.75) is 32.4 Å². The van der Waals surface area contributed by atoms with Crippen molar-refractivity contribution in [1.82, 2.24) is 20.1 Å². The van der Waals surface area contributed by atoms with Crippen molar-refractivity contribution in [2.75, 3.05) is 32.7 Å². The molecule has 25 heavy (non-hydrogen) atoms. The fourth-order valence-corrected chi connectivity index (χ4v) is 4.22. The molecule has 134 valence electrons. The highest BCUT2D eigenvalue weighted by Crippen LogP contribution is 2.26. The number of oxazole rings is 1. The van der Waals surface area contributed by atoms with Gasteiger partial charge in [-0.3, -0.25) is 9.69 Å². The SMILES string of the molecule is Cc1oc(-c2cccs2)nc1CN1CCN[C@@H](C(=O)N2CCCC2)C1. The van der Waals surface area contributed by atoms with Gasteiger partial charge in [-0.1, -0.05) is 6.07 Å². The van der Waals surface area contributed by atoms with E-state index in [1.807, 2.05) is 29.3 Å². The smallest absolute Gasteiger partial charge is 0.241 e. The molecule has 7 heteroatoms. The first kappa shape index (κ1) is 16.8. The molecule has 0 aromatic carbocycles. The van der Waals surface area contributed by atoms with E-state index >= 15 is 0 Å². The molecule has 1 N–H and O–H groups in total. The molecule has 0 saturated carbocycles. The Kier molecular flexibility index (Phi) is 4.87. The molecule has 0 aliphatic carbocycles. The van der Waals surface area contributed by atoms with Crippen LogP contribution in [-0.4, -0.2) is 59.5 Å². The van der Waals surface area contributed by atoms with Crippen LogP contribution in [-0.2, 0) is 11.3 Å². The largest absolute Gasteiger partial charge is 0.440 e. The first-order valence-corrected chi connectivity index (χ1v) is 9.83. The Balaban J connectivity index is 1.41. The highest BCUT2D eigenvalue weighted by atomic mass is 32.1. The number of likely N-dealkylation sites (tertiary alicyclic amines) is 1. The average molecular weight is 360 g/mol. The Labute approximate surface area is 151 Å². The summed E-state index contributed by atoms with van der Waals surface area (Å²) in [6.07, 6.45) is 2.26. The van der Waals surface area contributed by atoms with E-state index in [-0.39, 0.29) is 11.9 Å². The predicted octanol–water partition coefficient (Wildman–Crippen LogP) is 2.11. The number of aryl methyl sites for hydroxylation is 1. The number of rotatable bonds is 4. The minimum absolute atomic E-state index is 0.101. The molecule has 0 bridgehead atoms. The van der Waals surface area contributed by atoms with E-state index < -0.39 is 0 Å². The molecule has 2 aromatic heterocycles. The lowest BCUT2D eigenvalue weighted by Crippen LogP contribution is -2.57. The Morgan fingerprint density at radius 2 is 2.24 bits per heavy atom. The average Bonchev–Trinajstić information content (AvgIpc) is 3.37. The zero-order chi connectivity index (χ0) is 17.2. The Morgan fingerprint density at radius 3 is 3.00 bits per heavy atom. The molecule has 4 heterocycles. The molecule has 2 aliphatic heterocycles. The van der Waals surface area contributed by atoms with Gasteiger partial charge < -0.3 is 14.6 Å². The number of amides is 1. The van der Waals surface area contributed by atoms with Crippen molar-refractivity contribution in [3.05, 3.63) is 29.0 Å². The second-order valence-corrected chi connectivity index (χ2v) is 7.72. The van der Waals surface area contributed by atoms with Crippen molar-refractivity contribution >= 4 is 17.2 Å². The van der Waals surface area contributed by atoms with Gasteiger partial charge in [0.15, 0.2) is 0 Å². The first-order chi connectivity index (χ1) is 12.2. The predicted molar refractivity (Wildman–Crippen MR) is 97.4 cm³/mol. The lowest BCUT2D eigenvalue weighted by molar-refractivity contribution is -0.133. The van der Waals surface area contributed by atoms with Gasteiger partial charge in [0, 0.05) is 39.3 Å². The zero-order valence-corrected chi connectivity index (χ0v) is 15.3. The van der Waals surface area contributed by atoms with Crippen LogP contribution >= 0.6 is 11.3 Å². The quantitative estimate of drug-likeness (QED) is 0.905. The standard InChI is InChI=1S/C18H24N4O2S/c1-13-14(20-17(24-13)16-5-4-10-25-16)11-21-9-6-19-15(12-21)18(23)22-7-2-3-8-22/h4-5,10,15,19H,2-3,6-9,11-12H2,1H3/t15-/m1/s1. The van der Waals surface area contributed by atoms with Gasteiger partial charge in [0.1, 0.15) is 5.76 Å². The molecule has 6 nitrogen and oxygen atoms in total. The van der Waals surface area contributed by atoms with Crippen LogP contribution in [0, 0.1) is 6.92 Å². The molecule has 2 aromatic rings. The fraction of sp³-hybridized carbons (Fsp3) is 0.556. The van der Waals surface area contributed by atoms with Gasteiger partial charge in [-0.25, -0.2) is 4.98 Å². The third-order valence-electron chi connectivity index (χ3n) is 4.97. The monoisotopic (exact) mass is 360 g/mol. The summed E-state index contributed by atoms with van der Waals surface area (Å²) in [7, 11) is 0. The van der Waals surface area contributed by atoms with Crippen LogP contribution in [0.2, 0.25) is 0 Å². The number of nitrogens with one attached hydrogen (secondary N) is 1. The molecular weight excluding hydrogens is 336 g/mol. The maximum Gasteiger partial charge on any atom is 0.241 e. The van der Waals surface area contributed by atoms with Crippen molar-refractivity contribution in [3.63, 3.8) is 0 Å². The minimum atomic E-state index is -0.101. The van der Waals surface area contributed by atoms with Crippen LogP contribution in [0.3, 0.4) is 0 Å². The molecule has 0 unspecified atom stereocenters. The summed E-state index contributed by atoms with van der Waals surface area (Å²) in [5.74, 6) is 1.81. The highest BCUT2D eigenvalue weighted by Gasteiger charge is 2.30. The number of hydrogen-bond donors (Lipinski definition) is 1. The van der Waals surface area contributed by atoms with Crippen LogP contribution < -0.4 is 5.32 Å². The Bertz CT molecular complexity index is 722. The molecule has 2 aliphatic rings. The van der Waals surface area contributed by atoms with Crippen molar-refractivity contribution in [3.8, 4) is 10.8 Å². The van der Waals surface area contributed by atoms with Gasteiger partial charge >= 0.3 is 0 Å². The van der Waals surface area contributed by atoms with Gasteiger partial charge in [0.25, 0.3) is 0 Å². The van der Waals surface area contributed by atoms with Crippen LogP contribution in [0.25, 0.3) is 10.8 Å². The van der Waals surface area contributed by atoms with E-state index in [9.17, 15) is 4.79 Å². The van der Waals surface area contributed by atoms with E-state index in [0.29, 0.717) is 5.89 Å². The summed E-state index contributed by atoms with van der Waals surface area (Å²) >= 11 is 1.63. The topological polar surface area (TPSA) is 61.6 Å². The van der Waals surface area contributed by atoms with E-state index in [2.05, 4.69) is 15.2 Å². The van der Waals surface area contributed by atoms with Crippen LogP contribution in [0.15, 0.2) is 21.9 Å². The summed E-state index contributed by atoms with van der Waals surface area (Å²) < 4.78 is 5.84. The van der Waals surface area contributed by atoms with Crippen LogP contribution in [0.4, 0.5) is 0 Å². The van der Waals surface area contributed by atoms with E-state index in [4.69, 9.17) is 4.42 Å². The maximum atomic E-state index is 12.6. The first-order valence-electron chi connectivity index (χ1n) is 8.95. The number of carbonyl (C=O) groups excluding carboxylic acids is 1. The maximum absolute atomic E-state index is 12.6. The number of nitrogens with zero attached hydrogens (tertiary/aromatic N) is 3. The van der Waals surface area contributed by atoms with E-state index in [0.717, 1.165) is 68.4 Å². The summed E-state index contributed by atoms with van der Waals surface area (Å²) in [6, 6.07) is 3.93. The second-order valence-electron chi connectivity index (χ2n) is 6.77. The number of carbonyl (C=O) groups is 1. The summed E-state index contributed by atoms with van der Waals surface area (Å²) in [6.45, 7) is 6.99. The summed E-state index contributed by atoms with van der Waals surface area (Å²) in [5, 5.41) is 5.41. The third-order valence-corrected chi connectivity index (χ3v) is 5.83. The van der Waals surface area contributed by atoms with Gasteiger partial charge in [0.2, 0.25) is 11.8 Å². The molecule has 1 atom stereocenters. The Morgan fingerprint density at radius 1 is 1.40 bits per heavy atom. The summed E-state index contributed by atoms with van der Waals surface area (Å²) in [4.78, 5) is 22.7. The molecule has 4 rings (SSSR count). The number of aromatic nitrogens is 1. The molecule has 0 spiro atoms. The third kappa shape index (κ3) is 3.63. The molecular formula is C18H24N4O2S. The molecule has 2 fully saturated rings. The number of hydrogen-bond acceptors (Lipinski definition) is 6. The summed E-state index contributed by atoms with van der Waals surface area (Å²) in [5.41, 5.74) is 0.970. The van der Waals surface area contributed by atoms with Crippen molar-refractivity contribution < 1.29 is 9.21 Å². The van der Waals surface area contributed by atoms with Crippen LogP contribution in [0.1, 0.15) is 24.3 Å². The minimum Gasteiger partial charge on any atom is -0.440 e. The zero-order valence-electron chi connectivity index (χ0n) is 14.5. The molecule has 0 radical (unpaired) electrons. The Hall–Kier alpha value is -1.70.